The van der Waals surface area contributed by atoms with E-state index >= 15 is 0 Å². The van der Waals surface area contributed by atoms with Gasteiger partial charge >= 0.3 is 0 Å². The summed E-state index contributed by atoms with van der Waals surface area (Å²) in [7, 11) is 0. The molecule has 0 saturated carbocycles. The van der Waals surface area contributed by atoms with Gasteiger partial charge in [0.15, 0.2) is 5.11 Å². The molecule has 0 aliphatic carbocycles. The minimum absolute atomic E-state index is 0.214. The largest absolute Gasteiger partial charge is 0.332 e. The zero-order valence-corrected chi connectivity index (χ0v) is 21.3. The molecule has 0 aliphatic rings. The van der Waals surface area contributed by atoms with Gasteiger partial charge in [-0.15, -0.1) is 10.2 Å². The molecule has 1 aromatic heterocycles. The smallest absolute Gasteiger partial charge is 0.257 e. The van der Waals surface area contributed by atoms with Crippen LogP contribution in [0.5, 0.6) is 0 Å². The zero-order valence-electron chi connectivity index (χ0n) is 20.5. The van der Waals surface area contributed by atoms with Crippen LogP contribution in [0.25, 0.3) is 27.8 Å². The van der Waals surface area contributed by atoms with Crippen LogP contribution in [0.15, 0.2) is 97.1 Å². The van der Waals surface area contributed by atoms with E-state index in [4.69, 9.17) is 12.2 Å². The SMILES string of the molecule is CCCCc1ccc(-n2nc3ccc(NC(=S)NC(=O)c4ccc(-c5ccccc5)cc4)cc3n2)cc1. The van der Waals surface area contributed by atoms with Gasteiger partial charge in [0.2, 0.25) is 0 Å². The van der Waals surface area contributed by atoms with E-state index in [9.17, 15) is 4.79 Å². The molecule has 0 radical (unpaired) electrons. The van der Waals surface area contributed by atoms with E-state index in [0.29, 0.717) is 5.56 Å². The molecule has 4 aromatic carbocycles. The molecule has 0 atom stereocenters. The molecule has 0 aliphatic heterocycles. The maximum atomic E-state index is 12.7. The third-order valence-electron chi connectivity index (χ3n) is 6.11. The van der Waals surface area contributed by atoms with E-state index in [-0.39, 0.29) is 11.0 Å². The molecule has 0 bridgehead atoms. The minimum atomic E-state index is -0.272. The summed E-state index contributed by atoms with van der Waals surface area (Å²) in [5, 5.41) is 15.2. The molecular formula is C30H27N5OS. The van der Waals surface area contributed by atoms with Crippen molar-refractivity contribution < 1.29 is 4.79 Å². The van der Waals surface area contributed by atoms with Crippen molar-refractivity contribution in [2.24, 2.45) is 0 Å². The maximum absolute atomic E-state index is 12.7. The quantitative estimate of drug-likeness (QED) is 0.245. The Bertz CT molecular complexity index is 1530. The fourth-order valence-electron chi connectivity index (χ4n) is 4.07. The van der Waals surface area contributed by atoms with Gasteiger partial charge in [-0.3, -0.25) is 10.1 Å². The van der Waals surface area contributed by atoms with E-state index in [1.54, 1.807) is 16.9 Å². The molecule has 0 spiro atoms. The summed E-state index contributed by atoms with van der Waals surface area (Å²) in [6.45, 7) is 2.20. The molecule has 1 heterocycles. The van der Waals surface area contributed by atoms with Crippen molar-refractivity contribution in [3.63, 3.8) is 0 Å². The number of anilines is 1. The molecule has 0 saturated heterocycles. The highest BCUT2D eigenvalue weighted by Crippen LogP contribution is 2.20. The molecule has 37 heavy (non-hydrogen) atoms. The number of nitrogens with zero attached hydrogens (tertiary/aromatic N) is 3. The number of nitrogens with one attached hydrogen (secondary N) is 2. The molecule has 6 nitrogen and oxygen atoms in total. The predicted molar refractivity (Wildman–Crippen MR) is 153 cm³/mol. The number of aromatic nitrogens is 3. The topological polar surface area (TPSA) is 71.8 Å². The van der Waals surface area contributed by atoms with Gasteiger partial charge in [-0.2, -0.15) is 4.80 Å². The van der Waals surface area contributed by atoms with E-state index in [0.717, 1.165) is 40.0 Å². The first-order valence-corrected chi connectivity index (χ1v) is 12.7. The number of aryl methyl sites for hydroxylation is 1. The van der Waals surface area contributed by atoms with Gasteiger partial charge < -0.3 is 5.32 Å². The monoisotopic (exact) mass is 505 g/mol. The van der Waals surface area contributed by atoms with Gasteiger partial charge in [0.25, 0.3) is 5.91 Å². The molecule has 5 rings (SSSR count). The Morgan fingerprint density at radius 3 is 2.27 bits per heavy atom. The molecule has 0 unspecified atom stereocenters. The van der Waals surface area contributed by atoms with Gasteiger partial charge in [-0.25, -0.2) is 0 Å². The van der Waals surface area contributed by atoms with E-state index in [1.807, 2.05) is 72.8 Å². The highest BCUT2D eigenvalue weighted by atomic mass is 32.1. The van der Waals surface area contributed by atoms with Crippen LogP contribution in [0.3, 0.4) is 0 Å². The second-order valence-corrected chi connectivity index (χ2v) is 9.22. The lowest BCUT2D eigenvalue weighted by molar-refractivity contribution is 0.0977. The average Bonchev–Trinajstić information content (AvgIpc) is 3.36. The van der Waals surface area contributed by atoms with Crippen molar-refractivity contribution in [2.45, 2.75) is 26.2 Å². The lowest BCUT2D eigenvalue weighted by Gasteiger charge is -2.10. The van der Waals surface area contributed by atoms with Crippen LogP contribution in [-0.2, 0) is 6.42 Å². The number of unbranched alkanes of at least 4 members (excludes halogenated alkanes) is 1. The molecule has 0 fully saturated rings. The Labute approximate surface area is 221 Å². The van der Waals surface area contributed by atoms with Crippen LogP contribution in [0.4, 0.5) is 5.69 Å². The van der Waals surface area contributed by atoms with Crippen molar-refractivity contribution in [3.8, 4) is 16.8 Å². The summed E-state index contributed by atoms with van der Waals surface area (Å²) in [4.78, 5) is 14.3. The van der Waals surface area contributed by atoms with Crippen LogP contribution >= 0.6 is 12.2 Å². The number of rotatable bonds is 7. The Kier molecular flexibility index (Phi) is 7.33. The number of fused-ring (bicyclic) bond motifs is 1. The lowest BCUT2D eigenvalue weighted by Crippen LogP contribution is -2.34. The maximum Gasteiger partial charge on any atom is 0.257 e. The molecule has 1 amide bonds. The number of thiocarbonyl (C=S) groups is 1. The first-order chi connectivity index (χ1) is 18.1. The van der Waals surface area contributed by atoms with Crippen molar-refractivity contribution in [3.05, 3.63) is 108 Å². The Hall–Kier alpha value is -4.36. The van der Waals surface area contributed by atoms with E-state index < -0.39 is 0 Å². The van der Waals surface area contributed by atoms with Gasteiger partial charge in [-0.1, -0.05) is 67.9 Å². The summed E-state index contributed by atoms with van der Waals surface area (Å²) in [5.74, 6) is -0.272. The van der Waals surface area contributed by atoms with Crippen LogP contribution in [-0.4, -0.2) is 26.0 Å². The van der Waals surface area contributed by atoms with Gasteiger partial charge in [0.05, 0.1) is 5.69 Å². The molecule has 7 heteroatoms. The van der Waals surface area contributed by atoms with Gasteiger partial charge in [-0.05, 0) is 84.2 Å². The first-order valence-electron chi connectivity index (χ1n) is 12.3. The summed E-state index contributed by atoms with van der Waals surface area (Å²) in [5.41, 5.74) is 7.12. The summed E-state index contributed by atoms with van der Waals surface area (Å²) in [6, 6.07) is 31.4. The summed E-state index contributed by atoms with van der Waals surface area (Å²) >= 11 is 5.38. The van der Waals surface area contributed by atoms with Crippen molar-refractivity contribution in [1.29, 1.82) is 0 Å². The standard InChI is InChI=1S/C30H27N5OS/c1-2-3-7-21-10-17-26(18-11-21)35-33-27-19-16-25(20-28(27)34-35)31-30(37)32-29(36)24-14-12-23(13-15-24)22-8-5-4-6-9-22/h4-6,8-20H,2-3,7H2,1H3,(H2,31,32,36,37). The Balaban J connectivity index is 1.22. The van der Waals surface area contributed by atoms with E-state index in [2.05, 4.69) is 39.9 Å². The molecule has 5 aromatic rings. The van der Waals surface area contributed by atoms with Crippen molar-refractivity contribution >= 4 is 40.0 Å². The number of carbonyl (C=O) groups excluding carboxylic acids is 1. The summed E-state index contributed by atoms with van der Waals surface area (Å²) < 4.78 is 0. The van der Waals surface area contributed by atoms with Crippen LogP contribution in [0.2, 0.25) is 0 Å². The number of carbonyl (C=O) groups is 1. The molecule has 2 N–H and O–H groups in total. The van der Waals surface area contributed by atoms with Crippen LogP contribution in [0.1, 0.15) is 35.7 Å². The Morgan fingerprint density at radius 2 is 1.54 bits per heavy atom. The molecular weight excluding hydrogens is 478 g/mol. The van der Waals surface area contributed by atoms with Crippen LogP contribution in [0, 0.1) is 0 Å². The first kappa shape index (κ1) is 24.3. The third-order valence-corrected chi connectivity index (χ3v) is 6.31. The zero-order chi connectivity index (χ0) is 25.6. The fraction of sp³-hybridized carbons (Fsp3) is 0.133. The number of benzene rings is 4. The van der Waals surface area contributed by atoms with Crippen molar-refractivity contribution in [1.82, 2.24) is 20.3 Å². The predicted octanol–water partition coefficient (Wildman–Crippen LogP) is 6.56. The van der Waals surface area contributed by atoms with Gasteiger partial charge in [0.1, 0.15) is 11.0 Å². The Morgan fingerprint density at radius 1 is 0.838 bits per heavy atom. The van der Waals surface area contributed by atoms with Crippen molar-refractivity contribution in [2.75, 3.05) is 5.32 Å². The minimum Gasteiger partial charge on any atom is -0.332 e. The highest BCUT2D eigenvalue weighted by Gasteiger charge is 2.10. The molecule has 184 valence electrons. The number of hydrogen-bond acceptors (Lipinski definition) is 4. The highest BCUT2D eigenvalue weighted by molar-refractivity contribution is 7.80. The van der Waals surface area contributed by atoms with Gasteiger partial charge in [0, 0.05) is 11.3 Å². The van der Waals surface area contributed by atoms with E-state index in [1.165, 1.54) is 18.4 Å². The third kappa shape index (κ3) is 5.90. The number of amides is 1. The second kappa shape index (κ2) is 11.1. The van der Waals surface area contributed by atoms with Crippen LogP contribution < -0.4 is 10.6 Å². The number of hydrogen-bond donors (Lipinski definition) is 2. The normalized spacial score (nSPS) is 10.8. The average molecular weight is 506 g/mol. The lowest BCUT2D eigenvalue weighted by atomic mass is 10.0. The summed E-state index contributed by atoms with van der Waals surface area (Å²) in [6.07, 6.45) is 3.44. The second-order valence-electron chi connectivity index (χ2n) is 8.81. The fourth-order valence-corrected chi connectivity index (χ4v) is 4.28.